The number of aromatic nitrogens is 1. The fourth-order valence-corrected chi connectivity index (χ4v) is 4.66. The van der Waals surface area contributed by atoms with Crippen molar-refractivity contribution in [2.24, 2.45) is 0 Å². The van der Waals surface area contributed by atoms with Gasteiger partial charge >= 0.3 is 0 Å². The summed E-state index contributed by atoms with van der Waals surface area (Å²) in [5.41, 5.74) is 0.724. The molecule has 0 atom stereocenters. The second-order valence-corrected chi connectivity index (χ2v) is 8.65. The summed E-state index contributed by atoms with van der Waals surface area (Å²) in [6.45, 7) is -0.0484. The summed E-state index contributed by atoms with van der Waals surface area (Å²) in [7, 11) is -6.84. The first-order valence-electron chi connectivity index (χ1n) is 5.57. The van der Waals surface area contributed by atoms with Crippen molar-refractivity contribution >= 4 is 31.5 Å². The Hall–Kier alpha value is -0.700. The van der Waals surface area contributed by atoms with Crippen molar-refractivity contribution in [3.63, 3.8) is 0 Å². The molecule has 0 N–H and O–H groups in total. The molecule has 1 aromatic rings. The molecule has 0 radical (unpaired) electrons. The molecule has 0 amide bonds. The van der Waals surface area contributed by atoms with Crippen LogP contribution >= 0.6 is 11.6 Å². The zero-order valence-corrected chi connectivity index (χ0v) is 12.4. The standard InChI is InChI=1S/C10H13ClN2O4S2/c11-7-9-1-2-10(12-8-9)19(16,17)13-3-5-18(14,15)6-4-13/h1-2,8H,3-7H2. The van der Waals surface area contributed by atoms with Crippen LogP contribution in [0, 0.1) is 0 Å². The molecule has 2 heterocycles. The third-order valence-electron chi connectivity index (χ3n) is 2.86. The monoisotopic (exact) mass is 324 g/mol. The molecular weight excluding hydrogens is 312 g/mol. The topological polar surface area (TPSA) is 84.4 Å². The Bertz CT molecular complexity index is 641. The number of pyridine rings is 1. The zero-order valence-electron chi connectivity index (χ0n) is 9.99. The number of hydrogen-bond acceptors (Lipinski definition) is 5. The molecule has 0 aliphatic carbocycles. The first-order valence-corrected chi connectivity index (χ1v) is 9.36. The summed E-state index contributed by atoms with van der Waals surface area (Å²) in [6, 6.07) is 2.98. The van der Waals surface area contributed by atoms with E-state index < -0.39 is 19.9 Å². The molecule has 2 rings (SSSR count). The van der Waals surface area contributed by atoms with E-state index in [-0.39, 0.29) is 35.5 Å². The van der Waals surface area contributed by atoms with Crippen LogP contribution in [0.1, 0.15) is 5.56 Å². The lowest BCUT2D eigenvalue weighted by Gasteiger charge is -2.25. The lowest BCUT2D eigenvalue weighted by molar-refractivity contribution is 0.428. The van der Waals surface area contributed by atoms with Crippen LogP contribution in [0.3, 0.4) is 0 Å². The lowest BCUT2D eigenvalue weighted by Crippen LogP contribution is -2.43. The van der Waals surface area contributed by atoms with Crippen LogP contribution in [0.25, 0.3) is 0 Å². The molecule has 0 bridgehead atoms. The van der Waals surface area contributed by atoms with Gasteiger partial charge in [-0.1, -0.05) is 6.07 Å². The van der Waals surface area contributed by atoms with Crippen LogP contribution in [-0.4, -0.2) is 50.7 Å². The van der Waals surface area contributed by atoms with Crippen molar-refractivity contribution in [2.45, 2.75) is 10.9 Å². The quantitative estimate of drug-likeness (QED) is 0.744. The largest absolute Gasteiger partial charge is 0.260 e. The van der Waals surface area contributed by atoms with E-state index in [0.29, 0.717) is 0 Å². The third kappa shape index (κ3) is 3.25. The summed E-state index contributed by atoms with van der Waals surface area (Å²) in [5, 5.41) is -0.0827. The van der Waals surface area contributed by atoms with Gasteiger partial charge in [-0.25, -0.2) is 21.8 Å². The fourth-order valence-electron chi connectivity index (χ4n) is 1.71. The number of rotatable bonds is 3. The van der Waals surface area contributed by atoms with E-state index in [9.17, 15) is 16.8 Å². The maximum atomic E-state index is 12.2. The van der Waals surface area contributed by atoms with E-state index in [1.54, 1.807) is 6.07 Å². The van der Waals surface area contributed by atoms with E-state index >= 15 is 0 Å². The number of nitrogens with zero attached hydrogens (tertiary/aromatic N) is 2. The molecule has 6 nitrogen and oxygen atoms in total. The maximum absolute atomic E-state index is 12.2. The van der Waals surface area contributed by atoms with Gasteiger partial charge in [0.1, 0.15) is 0 Å². The summed E-state index contributed by atoms with van der Waals surface area (Å²) >= 11 is 5.61. The molecule has 1 aromatic heterocycles. The smallest absolute Gasteiger partial charge is 0.243 e. The molecule has 1 aliphatic heterocycles. The minimum Gasteiger partial charge on any atom is -0.243 e. The summed E-state index contributed by atoms with van der Waals surface area (Å²) in [6.07, 6.45) is 1.40. The number of hydrogen-bond donors (Lipinski definition) is 0. The summed E-state index contributed by atoms with van der Waals surface area (Å²) in [5.74, 6) is -0.0345. The highest BCUT2D eigenvalue weighted by molar-refractivity contribution is 7.92. The van der Waals surface area contributed by atoms with Crippen molar-refractivity contribution in [1.29, 1.82) is 0 Å². The SMILES string of the molecule is O=S1(=O)CCN(S(=O)(=O)c2ccc(CCl)cn2)CC1. The Morgan fingerprint density at radius 1 is 1.26 bits per heavy atom. The van der Waals surface area contributed by atoms with Gasteiger partial charge in [0.25, 0.3) is 10.0 Å². The molecule has 0 aromatic carbocycles. The van der Waals surface area contributed by atoms with Gasteiger partial charge in [-0.3, -0.25) is 0 Å². The predicted octanol–water partition coefficient (Wildman–Crippen LogP) is 0.240. The van der Waals surface area contributed by atoms with Crippen LogP contribution < -0.4 is 0 Å². The summed E-state index contributed by atoms with van der Waals surface area (Å²) in [4.78, 5) is 3.87. The molecule has 0 saturated carbocycles. The summed E-state index contributed by atoms with van der Waals surface area (Å²) < 4.78 is 48.2. The first-order chi connectivity index (χ1) is 8.85. The van der Waals surface area contributed by atoms with Crippen molar-refractivity contribution < 1.29 is 16.8 Å². The van der Waals surface area contributed by atoms with Crippen LogP contribution in [0.15, 0.2) is 23.4 Å². The van der Waals surface area contributed by atoms with Crippen molar-refractivity contribution in [1.82, 2.24) is 9.29 Å². The number of sulfonamides is 1. The van der Waals surface area contributed by atoms with E-state index in [4.69, 9.17) is 11.6 Å². The van der Waals surface area contributed by atoms with Gasteiger partial charge in [-0.05, 0) is 11.6 Å². The highest BCUT2D eigenvalue weighted by atomic mass is 35.5. The molecule has 19 heavy (non-hydrogen) atoms. The highest BCUT2D eigenvalue weighted by Crippen LogP contribution is 2.17. The van der Waals surface area contributed by atoms with Crippen LogP contribution in [0.2, 0.25) is 0 Å². The van der Waals surface area contributed by atoms with Gasteiger partial charge in [-0.15, -0.1) is 11.6 Å². The molecule has 9 heteroatoms. The van der Waals surface area contributed by atoms with Crippen molar-refractivity contribution in [3.8, 4) is 0 Å². The number of halogens is 1. The highest BCUT2D eigenvalue weighted by Gasteiger charge is 2.31. The molecule has 1 aliphatic rings. The average Bonchev–Trinajstić information content (AvgIpc) is 2.38. The van der Waals surface area contributed by atoms with Gasteiger partial charge in [0.2, 0.25) is 0 Å². The third-order valence-corrected chi connectivity index (χ3v) is 6.59. The minimum atomic E-state index is -3.72. The zero-order chi connectivity index (χ0) is 14.1. The predicted molar refractivity (Wildman–Crippen MR) is 71.2 cm³/mol. The number of alkyl halides is 1. The minimum absolute atomic E-state index is 0.0242. The molecule has 0 unspecified atom stereocenters. The van der Waals surface area contributed by atoms with E-state index in [0.717, 1.165) is 9.87 Å². The molecular formula is C10H13ClN2O4S2. The second-order valence-electron chi connectivity index (χ2n) is 4.19. The van der Waals surface area contributed by atoms with Gasteiger partial charge in [0, 0.05) is 25.2 Å². The van der Waals surface area contributed by atoms with Gasteiger partial charge in [0.05, 0.1) is 11.5 Å². The van der Waals surface area contributed by atoms with Crippen molar-refractivity contribution in [2.75, 3.05) is 24.6 Å². The van der Waals surface area contributed by atoms with Gasteiger partial charge in [0.15, 0.2) is 14.9 Å². The van der Waals surface area contributed by atoms with Crippen molar-refractivity contribution in [3.05, 3.63) is 23.9 Å². The van der Waals surface area contributed by atoms with Gasteiger partial charge < -0.3 is 0 Å². The Morgan fingerprint density at radius 3 is 2.37 bits per heavy atom. The molecule has 1 saturated heterocycles. The first kappa shape index (κ1) is 14.7. The van der Waals surface area contributed by atoms with Crippen LogP contribution in [-0.2, 0) is 25.7 Å². The van der Waals surface area contributed by atoms with Crippen LogP contribution in [0.4, 0.5) is 0 Å². The van der Waals surface area contributed by atoms with E-state index in [2.05, 4.69) is 4.98 Å². The molecule has 106 valence electrons. The maximum Gasteiger partial charge on any atom is 0.260 e. The second kappa shape index (κ2) is 5.35. The normalized spacial score (nSPS) is 20.3. The Labute approximate surface area is 117 Å². The fraction of sp³-hybridized carbons (Fsp3) is 0.500. The lowest BCUT2D eigenvalue weighted by atomic mass is 10.3. The number of sulfone groups is 1. The van der Waals surface area contributed by atoms with Crippen LogP contribution in [0.5, 0.6) is 0 Å². The Morgan fingerprint density at radius 2 is 1.89 bits per heavy atom. The van der Waals surface area contributed by atoms with E-state index in [1.807, 2.05) is 0 Å². The molecule has 1 fully saturated rings. The Balaban J connectivity index is 2.22. The molecule has 0 spiro atoms. The average molecular weight is 325 g/mol. The Kier molecular flexibility index (Phi) is 4.14. The van der Waals surface area contributed by atoms with Gasteiger partial charge in [-0.2, -0.15) is 4.31 Å². The van der Waals surface area contributed by atoms with E-state index in [1.165, 1.54) is 12.3 Å².